The Balaban J connectivity index is 0.00000158. The van der Waals surface area contributed by atoms with Gasteiger partial charge in [-0.3, -0.25) is 29.7 Å². The standard InChI is InChI=1S/C33H34N6O.2C2H4O2.F6P.2Zn/c1-26-18-27(20-38(22-29-10-2-6-14-34-29)23-30-11-3-7-15-35-30)33(40)28(19-26)21-39(24-31-12-4-8-16-36-31)25-32-13-5-9-17-37-32;2*1-2(3)4;1-7(2,3,4,5)6;;/h2-19,40H,20-25H2,1H3;2*1H3,(H,3,4);;;/q;;;-1;2*+2/p-3. The Morgan fingerprint density at radius 1 is 0.544 bits per heavy atom. The maximum Gasteiger partial charge on any atom is 2.00 e. The van der Waals surface area contributed by atoms with Crippen LogP contribution in [-0.2, 0) is 87.8 Å². The molecule has 0 saturated carbocycles. The summed E-state index contributed by atoms with van der Waals surface area (Å²) in [6.45, 7) is 7.47. The molecule has 0 saturated heterocycles. The minimum Gasteiger partial charge on any atom is 2.00 e. The predicted octanol–water partition coefficient (Wildman–Crippen LogP) is 5.94. The van der Waals surface area contributed by atoms with Crippen molar-refractivity contribution in [2.24, 2.45) is 0 Å². The van der Waals surface area contributed by atoms with Gasteiger partial charge in [0.05, 0.1) is 22.8 Å². The SMILES string of the molecule is CC(=O)[O-].CC(=O)[O-].Cc1cc(CN(Cc2ccccn2)Cc2ccccn2)c([O-])c(CN(Cc2ccccn2)Cc2ccccn2)c1.F[P-](F)(F)(F)(F)F.[Zn+2].[Zn+2]. The van der Waals surface area contributed by atoms with E-state index in [1.165, 1.54) is 0 Å². The van der Waals surface area contributed by atoms with E-state index in [1.54, 1.807) is 24.8 Å². The largest absolute Gasteiger partial charge is 2.00 e. The maximum absolute atomic E-state index is 13.9. The van der Waals surface area contributed by atoms with E-state index in [-0.39, 0.29) is 44.7 Å². The molecule has 0 aliphatic carbocycles. The Morgan fingerprint density at radius 3 is 0.965 bits per heavy atom. The van der Waals surface area contributed by atoms with E-state index in [9.17, 15) is 30.3 Å². The third-order valence-electron chi connectivity index (χ3n) is 6.62. The van der Waals surface area contributed by atoms with Crippen molar-refractivity contribution in [3.05, 3.63) is 149 Å². The number of hydrogen-bond acceptors (Lipinski definition) is 11. The van der Waals surface area contributed by atoms with Gasteiger partial charge >= 0.3 is 71.9 Å². The van der Waals surface area contributed by atoms with E-state index in [1.807, 2.05) is 84.9 Å². The summed E-state index contributed by atoms with van der Waals surface area (Å²) in [5.74, 6) is -2.09. The number of hydrogen-bond donors (Lipinski definition) is 0. The molecule has 0 amide bonds. The Hall–Kier alpha value is -4.26. The molecule has 0 spiro atoms. The summed E-state index contributed by atoms with van der Waals surface area (Å²) in [6.07, 6.45) is 7.21. The number of aliphatic carboxylic acids is 2. The van der Waals surface area contributed by atoms with Crippen molar-refractivity contribution < 1.29 is 89.0 Å². The molecule has 57 heavy (non-hydrogen) atoms. The third kappa shape index (κ3) is 27.9. The Labute approximate surface area is 352 Å². The molecule has 0 aliphatic heterocycles. The fraction of sp³-hybridized carbons (Fsp3) is 0.243. The Morgan fingerprint density at radius 2 is 0.772 bits per heavy atom. The number of carbonyl (C=O) groups excluding carboxylic acids is 2. The second kappa shape index (κ2) is 23.8. The van der Waals surface area contributed by atoms with Gasteiger partial charge in [0, 0.05) is 76.0 Å². The van der Waals surface area contributed by atoms with E-state index in [0.29, 0.717) is 39.3 Å². The van der Waals surface area contributed by atoms with Gasteiger partial charge in [0.15, 0.2) is 0 Å². The van der Waals surface area contributed by atoms with Crippen LogP contribution in [0.5, 0.6) is 5.75 Å². The van der Waals surface area contributed by atoms with Crippen LogP contribution in [0.25, 0.3) is 0 Å². The predicted molar refractivity (Wildman–Crippen MR) is 188 cm³/mol. The molecule has 1 aromatic carbocycles. The van der Waals surface area contributed by atoms with Crippen molar-refractivity contribution in [1.82, 2.24) is 29.7 Å². The van der Waals surface area contributed by atoms with Crippen molar-refractivity contribution >= 4 is 19.7 Å². The fourth-order valence-electron chi connectivity index (χ4n) is 4.86. The monoisotopic (exact) mass is 920 g/mol. The summed E-state index contributed by atoms with van der Waals surface area (Å²) >= 11 is 0. The number of carboxylic acids is 2. The van der Waals surface area contributed by atoms with Gasteiger partial charge in [0.2, 0.25) is 0 Å². The van der Waals surface area contributed by atoms with Crippen molar-refractivity contribution in [3.63, 3.8) is 0 Å². The number of aryl methyl sites for hydroxylation is 1. The van der Waals surface area contributed by atoms with E-state index >= 15 is 0 Å². The zero-order valence-electron chi connectivity index (χ0n) is 31.5. The summed E-state index contributed by atoms with van der Waals surface area (Å²) in [7, 11) is -10.7. The molecule has 298 valence electrons. The molecular formula is C37H39F6N6O5PZn2. The first-order chi connectivity index (χ1) is 25.5. The van der Waals surface area contributed by atoms with Crippen LogP contribution in [0.15, 0.2) is 110 Å². The third-order valence-corrected chi connectivity index (χ3v) is 6.62. The van der Waals surface area contributed by atoms with Crippen molar-refractivity contribution in [2.45, 2.75) is 60.0 Å². The van der Waals surface area contributed by atoms with Gasteiger partial charge in [-0.1, -0.05) is 47.7 Å². The molecule has 20 heteroatoms. The van der Waals surface area contributed by atoms with E-state index in [4.69, 9.17) is 19.8 Å². The Bertz CT molecular complexity index is 1710. The number of aromatic nitrogens is 4. The van der Waals surface area contributed by atoms with E-state index < -0.39 is 19.7 Å². The fourth-order valence-corrected chi connectivity index (χ4v) is 4.86. The normalized spacial score (nSPS) is 11.6. The molecule has 0 unspecified atom stereocenters. The molecule has 0 bridgehead atoms. The molecule has 0 N–H and O–H groups in total. The zero-order valence-corrected chi connectivity index (χ0v) is 38.3. The molecule has 11 nitrogen and oxygen atoms in total. The molecule has 0 radical (unpaired) electrons. The zero-order chi connectivity index (χ0) is 41.1. The van der Waals surface area contributed by atoms with Crippen LogP contribution in [-0.4, -0.2) is 41.7 Å². The maximum atomic E-state index is 13.9. The number of carboxylic acid groups (broad SMARTS) is 2. The molecular weight excluding hydrogens is 884 g/mol. The van der Waals surface area contributed by atoms with E-state index in [0.717, 1.165) is 53.3 Å². The number of nitrogens with zero attached hydrogens (tertiary/aromatic N) is 6. The summed E-state index contributed by atoms with van der Waals surface area (Å²) in [5, 5.41) is 31.7. The Kier molecular flexibility index (Phi) is 22.1. The first kappa shape index (κ1) is 52.7. The molecule has 4 heterocycles. The number of halogens is 6. The van der Waals surface area contributed by atoms with Gasteiger partial charge in [-0.05, 0) is 80.4 Å². The summed E-state index contributed by atoms with van der Waals surface area (Å²) in [4.78, 5) is 40.3. The van der Waals surface area contributed by atoms with Gasteiger partial charge < -0.3 is 24.9 Å². The van der Waals surface area contributed by atoms with Crippen LogP contribution in [0.3, 0.4) is 0 Å². The van der Waals surface area contributed by atoms with Crippen molar-refractivity contribution in [3.8, 4) is 5.75 Å². The van der Waals surface area contributed by atoms with Gasteiger partial charge in [-0.15, -0.1) is 0 Å². The molecule has 5 aromatic rings. The van der Waals surface area contributed by atoms with Crippen molar-refractivity contribution in [2.75, 3.05) is 0 Å². The number of benzene rings is 1. The van der Waals surface area contributed by atoms with Crippen molar-refractivity contribution in [1.29, 1.82) is 0 Å². The van der Waals surface area contributed by atoms with Crippen LogP contribution >= 0.6 is 7.81 Å². The first-order valence-electron chi connectivity index (χ1n) is 16.3. The van der Waals surface area contributed by atoms with Gasteiger partial charge in [0.1, 0.15) is 0 Å². The smallest absolute Gasteiger partial charge is 2.00 e. The van der Waals surface area contributed by atoms with Gasteiger partial charge in [-0.2, -0.15) is 0 Å². The molecule has 0 atom stereocenters. The molecule has 0 aliphatic rings. The van der Waals surface area contributed by atoms with Crippen LogP contribution in [0.4, 0.5) is 25.2 Å². The van der Waals surface area contributed by atoms with Crippen LogP contribution in [0, 0.1) is 6.92 Å². The summed E-state index contributed by atoms with van der Waals surface area (Å²) in [5.41, 5.74) is 6.43. The minimum atomic E-state index is -10.7. The topological polar surface area (TPSA) is 161 Å². The average molecular weight is 923 g/mol. The summed E-state index contributed by atoms with van der Waals surface area (Å²) < 4.78 is 59.2. The van der Waals surface area contributed by atoms with E-state index in [2.05, 4.69) is 36.7 Å². The number of pyridine rings is 4. The average Bonchev–Trinajstić information content (AvgIpc) is 3.07. The summed E-state index contributed by atoms with van der Waals surface area (Å²) in [6, 6.07) is 27.7. The van der Waals surface area contributed by atoms with Crippen LogP contribution in [0.2, 0.25) is 0 Å². The molecule has 4 aromatic heterocycles. The quantitative estimate of drug-likeness (QED) is 0.0828. The molecule has 5 rings (SSSR count). The first-order valence-corrected chi connectivity index (χ1v) is 18.3. The second-order valence-electron chi connectivity index (χ2n) is 11.9. The van der Waals surface area contributed by atoms with Crippen LogP contribution in [0.1, 0.15) is 53.3 Å². The number of rotatable bonds is 12. The van der Waals surface area contributed by atoms with Crippen LogP contribution < -0.4 is 15.3 Å². The minimum absolute atomic E-state index is 0. The number of carbonyl (C=O) groups is 2. The van der Waals surface area contributed by atoms with Gasteiger partial charge in [-0.25, -0.2) is 0 Å². The van der Waals surface area contributed by atoms with Gasteiger partial charge in [0.25, 0.3) is 0 Å². The molecule has 0 fully saturated rings. The second-order valence-corrected chi connectivity index (χ2v) is 13.8.